The van der Waals surface area contributed by atoms with E-state index in [1.165, 1.54) is 20.8 Å². The Morgan fingerprint density at radius 2 is 0.913 bits per heavy atom. The molecule has 0 aromatic carbocycles. The highest BCUT2D eigenvalue weighted by molar-refractivity contribution is 5.80. The zero-order valence-corrected chi connectivity index (χ0v) is 12.7. The molecule has 23 heavy (non-hydrogen) atoms. The molecule has 0 aliphatic carbocycles. The first-order chi connectivity index (χ1) is 9.63. The van der Waals surface area contributed by atoms with Gasteiger partial charge in [-0.15, -0.1) is 0 Å². The normalized spacial score (nSPS) is 15.6. The van der Waals surface area contributed by atoms with Crippen molar-refractivity contribution in [2.45, 2.75) is 58.7 Å². The van der Waals surface area contributed by atoms with Crippen LogP contribution in [-0.2, 0) is 9.53 Å². The highest BCUT2D eigenvalue weighted by atomic mass is 19.4. The van der Waals surface area contributed by atoms with Crippen molar-refractivity contribution in [2.24, 2.45) is 10.8 Å². The molecule has 0 aromatic heterocycles. The van der Waals surface area contributed by atoms with Crippen LogP contribution in [0.15, 0.2) is 0 Å². The van der Waals surface area contributed by atoms with Crippen molar-refractivity contribution in [3.63, 3.8) is 0 Å². The lowest BCUT2D eigenvalue weighted by molar-refractivity contribution is -0.414. The summed E-state index contributed by atoms with van der Waals surface area (Å²) in [5, 5.41) is 0. The molecular weight excluding hydrogens is 347 g/mol. The number of carbonyl (C=O) groups excluding carboxylic acids is 1. The Bertz CT molecular complexity index is 413. The van der Waals surface area contributed by atoms with E-state index < -0.39 is 40.9 Å². The van der Waals surface area contributed by atoms with Crippen molar-refractivity contribution in [3.05, 3.63) is 0 Å². The molecule has 0 aromatic rings. The minimum Gasteiger partial charge on any atom is -0.458 e. The van der Waals surface area contributed by atoms with E-state index in [0.717, 1.165) is 13.8 Å². The van der Waals surface area contributed by atoms with Crippen molar-refractivity contribution < 1.29 is 49.0 Å². The standard InChI is InChI=1S/C12H15F9O2/c1-7(2,3)8(4,5)23-6(22)9(10(13,14)15,11(16,17)18)12(19,20)21/h1-5H3. The van der Waals surface area contributed by atoms with Crippen LogP contribution in [0.25, 0.3) is 0 Å². The average Bonchev–Trinajstić information content (AvgIpc) is 2.05. The minimum atomic E-state index is -6.98. The Kier molecular flexibility index (Phi) is 5.16. The summed E-state index contributed by atoms with van der Waals surface area (Å²) in [7, 11) is 0. The molecule has 2 nitrogen and oxygen atoms in total. The molecule has 0 rings (SSSR count). The van der Waals surface area contributed by atoms with Crippen molar-refractivity contribution >= 4 is 5.97 Å². The number of hydrogen-bond acceptors (Lipinski definition) is 2. The van der Waals surface area contributed by atoms with Gasteiger partial charge in [0.05, 0.1) is 0 Å². The number of halogens is 9. The third-order valence-electron chi connectivity index (χ3n) is 3.74. The molecule has 11 heteroatoms. The Hall–Kier alpha value is -1.16. The predicted molar refractivity (Wildman–Crippen MR) is 60.2 cm³/mol. The van der Waals surface area contributed by atoms with E-state index in [0.29, 0.717) is 0 Å². The smallest absolute Gasteiger partial charge is 0.422 e. The summed E-state index contributed by atoms with van der Waals surface area (Å²) in [6.07, 6.45) is -20.9. The van der Waals surface area contributed by atoms with Gasteiger partial charge in [-0.25, -0.2) is 0 Å². The first kappa shape index (κ1) is 21.8. The summed E-state index contributed by atoms with van der Waals surface area (Å²) in [6.45, 7) is 5.65. The summed E-state index contributed by atoms with van der Waals surface area (Å²) in [4.78, 5) is 11.5. The second kappa shape index (κ2) is 5.44. The van der Waals surface area contributed by atoms with Gasteiger partial charge in [0.1, 0.15) is 5.60 Å². The lowest BCUT2D eigenvalue weighted by atomic mass is 9.78. The Morgan fingerprint density at radius 1 is 0.652 bits per heavy atom. The quantitative estimate of drug-likeness (QED) is 0.509. The van der Waals surface area contributed by atoms with Crippen molar-refractivity contribution in [1.29, 1.82) is 0 Å². The lowest BCUT2D eigenvalue weighted by Crippen LogP contribution is -2.66. The lowest BCUT2D eigenvalue weighted by Gasteiger charge is -2.42. The first-order valence-electron chi connectivity index (χ1n) is 6.06. The molecule has 0 saturated heterocycles. The Morgan fingerprint density at radius 3 is 1.09 bits per heavy atom. The zero-order valence-electron chi connectivity index (χ0n) is 12.7. The second-order valence-corrected chi connectivity index (χ2v) is 6.39. The largest absolute Gasteiger partial charge is 0.458 e. The third kappa shape index (κ3) is 3.52. The number of alkyl halides is 9. The Labute approximate surface area is 126 Å². The number of esters is 1. The van der Waals surface area contributed by atoms with Gasteiger partial charge in [-0.3, -0.25) is 4.79 Å². The monoisotopic (exact) mass is 362 g/mol. The molecule has 0 spiro atoms. The summed E-state index contributed by atoms with van der Waals surface area (Å²) in [5.74, 6) is -3.45. The highest BCUT2D eigenvalue weighted by Crippen LogP contribution is 2.60. The molecule has 0 amide bonds. The maximum Gasteiger partial charge on any atom is 0.422 e. The maximum atomic E-state index is 12.7. The molecule has 0 aliphatic heterocycles. The van der Waals surface area contributed by atoms with Crippen molar-refractivity contribution in [1.82, 2.24) is 0 Å². The van der Waals surface area contributed by atoms with E-state index >= 15 is 0 Å². The molecule has 138 valence electrons. The first-order valence-corrected chi connectivity index (χ1v) is 6.06. The van der Waals surface area contributed by atoms with Gasteiger partial charge in [0.2, 0.25) is 0 Å². The van der Waals surface area contributed by atoms with Crippen LogP contribution in [0.4, 0.5) is 39.5 Å². The maximum absolute atomic E-state index is 12.7. The third-order valence-corrected chi connectivity index (χ3v) is 3.74. The molecule has 0 atom stereocenters. The van der Waals surface area contributed by atoms with Gasteiger partial charge in [0, 0.05) is 5.41 Å². The summed E-state index contributed by atoms with van der Waals surface area (Å²) < 4.78 is 119. The molecule has 0 fully saturated rings. The van der Waals surface area contributed by atoms with Crippen molar-refractivity contribution in [3.8, 4) is 0 Å². The van der Waals surface area contributed by atoms with Crippen LogP contribution in [0.2, 0.25) is 0 Å². The van der Waals surface area contributed by atoms with Crippen LogP contribution in [0, 0.1) is 10.8 Å². The number of rotatable bonds is 2. The van der Waals surface area contributed by atoms with Gasteiger partial charge in [-0.1, -0.05) is 20.8 Å². The molecule has 0 unspecified atom stereocenters. The van der Waals surface area contributed by atoms with Gasteiger partial charge in [0.15, 0.2) is 0 Å². The summed E-state index contributed by atoms with van der Waals surface area (Å²) in [5.41, 5.74) is -9.87. The fourth-order valence-corrected chi connectivity index (χ4v) is 1.29. The van der Waals surface area contributed by atoms with Crippen LogP contribution in [0.3, 0.4) is 0 Å². The fourth-order valence-electron chi connectivity index (χ4n) is 1.29. The van der Waals surface area contributed by atoms with Gasteiger partial charge < -0.3 is 4.74 Å². The van der Waals surface area contributed by atoms with E-state index in [1.807, 2.05) is 0 Å². The number of ether oxygens (including phenoxy) is 1. The predicted octanol–water partition coefficient (Wildman–Crippen LogP) is 5.03. The van der Waals surface area contributed by atoms with Crippen LogP contribution in [0.1, 0.15) is 34.6 Å². The topological polar surface area (TPSA) is 26.3 Å². The van der Waals surface area contributed by atoms with Gasteiger partial charge in [-0.05, 0) is 13.8 Å². The Balaban J connectivity index is 6.38. The molecule has 0 heterocycles. The molecular formula is C12H15F9O2. The van der Waals surface area contributed by atoms with Gasteiger partial charge >= 0.3 is 29.9 Å². The number of hydrogen-bond donors (Lipinski definition) is 0. The van der Waals surface area contributed by atoms with Gasteiger partial charge in [-0.2, -0.15) is 39.5 Å². The fraction of sp³-hybridized carbons (Fsp3) is 0.917. The van der Waals surface area contributed by atoms with E-state index in [2.05, 4.69) is 4.74 Å². The van der Waals surface area contributed by atoms with E-state index in [9.17, 15) is 44.3 Å². The van der Waals surface area contributed by atoms with Crippen LogP contribution >= 0.6 is 0 Å². The SMILES string of the molecule is CC(C)(C)C(C)(C)OC(=O)C(C(F)(F)F)(C(F)(F)F)C(F)(F)F. The number of carbonyl (C=O) groups is 1. The van der Waals surface area contributed by atoms with Crippen molar-refractivity contribution in [2.75, 3.05) is 0 Å². The minimum absolute atomic E-state index is 0.915. The molecule has 0 saturated carbocycles. The molecule has 0 bridgehead atoms. The summed E-state index contributed by atoms with van der Waals surface area (Å²) in [6, 6.07) is 0. The van der Waals surface area contributed by atoms with Crippen LogP contribution in [0.5, 0.6) is 0 Å². The van der Waals surface area contributed by atoms with E-state index in [-0.39, 0.29) is 0 Å². The second-order valence-electron chi connectivity index (χ2n) is 6.39. The van der Waals surface area contributed by atoms with E-state index in [1.54, 1.807) is 0 Å². The zero-order chi connectivity index (χ0) is 19.3. The van der Waals surface area contributed by atoms with E-state index in [4.69, 9.17) is 0 Å². The molecule has 0 N–H and O–H groups in total. The molecule has 0 aliphatic rings. The summed E-state index contributed by atoms with van der Waals surface area (Å²) >= 11 is 0. The van der Waals surface area contributed by atoms with Crippen LogP contribution in [-0.4, -0.2) is 30.1 Å². The highest BCUT2D eigenvalue weighted by Gasteiger charge is 2.89. The molecule has 0 radical (unpaired) electrons. The van der Waals surface area contributed by atoms with Crippen LogP contribution < -0.4 is 0 Å². The van der Waals surface area contributed by atoms with Gasteiger partial charge in [0.25, 0.3) is 0 Å². The average molecular weight is 362 g/mol.